The number of hydrogen-bond acceptors (Lipinski definition) is 2. The van der Waals surface area contributed by atoms with E-state index in [1.165, 1.54) is 16.8 Å². The Bertz CT molecular complexity index is 1220. The zero-order chi connectivity index (χ0) is 19.0. The summed E-state index contributed by atoms with van der Waals surface area (Å²) in [4.78, 5) is 0. The normalized spacial score (nSPS) is 22.1. The highest BCUT2D eigenvalue weighted by Crippen LogP contribution is 2.63. The molecule has 0 N–H and O–H groups in total. The highest BCUT2D eigenvalue weighted by molar-refractivity contribution is 5.84. The molecule has 0 unspecified atom stereocenters. The monoisotopic (exact) mass is 380 g/mol. The number of benzene rings is 1. The van der Waals surface area contributed by atoms with Crippen LogP contribution in [-0.4, -0.2) is 25.3 Å². The van der Waals surface area contributed by atoms with Crippen LogP contribution < -0.4 is 0 Å². The summed E-state index contributed by atoms with van der Waals surface area (Å²) in [5.74, 6) is -3.68. The van der Waals surface area contributed by atoms with Crippen LogP contribution in [0.25, 0.3) is 27.9 Å². The third kappa shape index (κ3) is 2.07. The Morgan fingerprint density at radius 2 is 1.86 bits per heavy atom. The fourth-order valence-corrected chi connectivity index (χ4v) is 4.48. The predicted molar refractivity (Wildman–Crippen MR) is 97.6 cm³/mol. The van der Waals surface area contributed by atoms with Crippen LogP contribution in [0.4, 0.5) is 13.2 Å². The van der Waals surface area contributed by atoms with Crippen LogP contribution in [-0.2, 0) is 6.42 Å². The summed E-state index contributed by atoms with van der Waals surface area (Å²) in [6, 6.07) is 10.9. The Morgan fingerprint density at radius 3 is 2.68 bits per heavy atom. The van der Waals surface area contributed by atoms with Gasteiger partial charge in [-0.15, -0.1) is 0 Å². The van der Waals surface area contributed by atoms with Gasteiger partial charge in [0.15, 0.2) is 0 Å². The molecule has 3 aromatic heterocycles. The first kappa shape index (κ1) is 15.9. The van der Waals surface area contributed by atoms with Crippen LogP contribution in [0.15, 0.2) is 54.9 Å². The number of hydrogen-bond donors (Lipinski definition) is 0. The second kappa shape index (κ2) is 5.25. The minimum Gasteiger partial charge on any atom is -0.259 e. The van der Waals surface area contributed by atoms with Gasteiger partial charge in [0.25, 0.3) is 5.92 Å². The minimum atomic E-state index is -2.70. The zero-order valence-corrected chi connectivity index (χ0v) is 14.7. The number of halogens is 3. The number of alkyl halides is 2. The summed E-state index contributed by atoms with van der Waals surface area (Å²) in [6.07, 6.45) is 4.56. The van der Waals surface area contributed by atoms with Gasteiger partial charge in [0.1, 0.15) is 17.6 Å². The SMILES string of the molecule is Fc1ccc(-c2nn3c(c2-c2ccn4nccc4c2)CC[C@H]2[C@@H]3C2(F)F)cc1. The van der Waals surface area contributed by atoms with E-state index in [1.54, 1.807) is 22.8 Å². The Hall–Kier alpha value is -3.09. The molecule has 28 heavy (non-hydrogen) atoms. The maximum absolute atomic E-state index is 14.2. The van der Waals surface area contributed by atoms with E-state index in [9.17, 15) is 13.2 Å². The van der Waals surface area contributed by atoms with Crippen molar-refractivity contribution in [2.75, 3.05) is 0 Å². The molecule has 0 amide bonds. The summed E-state index contributed by atoms with van der Waals surface area (Å²) in [5, 5.41) is 8.82. The van der Waals surface area contributed by atoms with E-state index in [4.69, 9.17) is 0 Å². The molecule has 6 rings (SSSR count). The lowest BCUT2D eigenvalue weighted by Crippen LogP contribution is -2.11. The van der Waals surface area contributed by atoms with E-state index in [1.807, 2.05) is 24.4 Å². The third-order valence-corrected chi connectivity index (χ3v) is 5.93. The Kier molecular flexibility index (Phi) is 2.98. The van der Waals surface area contributed by atoms with Gasteiger partial charge in [-0.3, -0.25) is 4.68 Å². The van der Waals surface area contributed by atoms with Crippen molar-refractivity contribution >= 4 is 5.52 Å². The van der Waals surface area contributed by atoms with Crippen LogP contribution in [0.2, 0.25) is 0 Å². The minimum absolute atomic E-state index is 0.344. The van der Waals surface area contributed by atoms with Crippen molar-refractivity contribution in [2.24, 2.45) is 5.92 Å². The Morgan fingerprint density at radius 1 is 1.04 bits per heavy atom. The fraction of sp³-hybridized carbons (Fsp3) is 0.238. The summed E-state index contributed by atoms with van der Waals surface area (Å²) in [7, 11) is 0. The number of pyridine rings is 1. The van der Waals surface area contributed by atoms with E-state index >= 15 is 0 Å². The van der Waals surface area contributed by atoms with Gasteiger partial charge in [-0.25, -0.2) is 17.7 Å². The van der Waals surface area contributed by atoms with Crippen molar-refractivity contribution in [3.05, 3.63) is 66.4 Å². The first-order valence-electron chi connectivity index (χ1n) is 9.23. The molecule has 0 spiro atoms. The molecular weight excluding hydrogens is 365 g/mol. The highest BCUT2D eigenvalue weighted by Gasteiger charge is 2.71. The molecule has 140 valence electrons. The molecule has 7 heteroatoms. The van der Waals surface area contributed by atoms with Gasteiger partial charge >= 0.3 is 0 Å². The largest absolute Gasteiger partial charge is 0.275 e. The van der Waals surface area contributed by atoms with E-state index in [2.05, 4.69) is 10.2 Å². The Labute approximate surface area is 158 Å². The molecule has 4 aromatic rings. The van der Waals surface area contributed by atoms with Crippen LogP contribution in [0.1, 0.15) is 18.2 Å². The van der Waals surface area contributed by atoms with Gasteiger partial charge in [-0.2, -0.15) is 10.2 Å². The molecule has 2 atom stereocenters. The van der Waals surface area contributed by atoms with Crippen molar-refractivity contribution < 1.29 is 13.2 Å². The molecule has 4 heterocycles. The quantitative estimate of drug-likeness (QED) is 0.503. The Balaban J connectivity index is 1.60. The van der Waals surface area contributed by atoms with Gasteiger partial charge in [-0.1, -0.05) is 0 Å². The van der Waals surface area contributed by atoms with Crippen molar-refractivity contribution in [3.8, 4) is 22.4 Å². The van der Waals surface area contributed by atoms with E-state index < -0.39 is 17.9 Å². The number of aromatic nitrogens is 4. The zero-order valence-electron chi connectivity index (χ0n) is 14.7. The standard InChI is InChI=1S/C21H15F3N4/c22-14-3-1-12(2-4-14)19-18(13-8-10-27-15(11-13)7-9-25-27)17-6-5-16-20(21(16,23)24)28(17)26-19/h1-4,7-11,16,20H,5-6H2/t16-,20+/m0/s1. The molecule has 2 aliphatic rings. The first-order valence-corrected chi connectivity index (χ1v) is 9.23. The van der Waals surface area contributed by atoms with Crippen LogP contribution in [0.5, 0.6) is 0 Å². The number of nitrogens with zero attached hydrogens (tertiary/aromatic N) is 4. The molecule has 1 aliphatic heterocycles. The van der Waals surface area contributed by atoms with Crippen molar-refractivity contribution in [2.45, 2.75) is 24.8 Å². The van der Waals surface area contributed by atoms with Crippen molar-refractivity contribution in [1.82, 2.24) is 19.4 Å². The summed E-state index contributed by atoms with van der Waals surface area (Å²) >= 11 is 0. The average molecular weight is 380 g/mol. The molecular formula is C21H15F3N4. The van der Waals surface area contributed by atoms with E-state index in [-0.39, 0.29) is 5.82 Å². The maximum Gasteiger partial charge on any atom is 0.275 e. The maximum atomic E-state index is 14.2. The molecule has 1 aromatic carbocycles. The lowest BCUT2D eigenvalue weighted by atomic mass is 9.96. The summed E-state index contributed by atoms with van der Waals surface area (Å²) in [5.41, 5.74) is 4.80. The lowest BCUT2D eigenvalue weighted by Gasteiger charge is -2.13. The van der Waals surface area contributed by atoms with Gasteiger partial charge in [0, 0.05) is 29.2 Å². The highest BCUT2D eigenvalue weighted by atomic mass is 19.3. The van der Waals surface area contributed by atoms with Crippen LogP contribution in [0, 0.1) is 11.7 Å². The van der Waals surface area contributed by atoms with E-state index in [0.717, 1.165) is 22.3 Å². The first-order chi connectivity index (χ1) is 13.5. The summed E-state index contributed by atoms with van der Waals surface area (Å²) < 4.78 is 45.1. The fourth-order valence-electron chi connectivity index (χ4n) is 4.48. The molecule has 0 saturated heterocycles. The van der Waals surface area contributed by atoms with Crippen LogP contribution in [0.3, 0.4) is 0 Å². The topological polar surface area (TPSA) is 35.1 Å². The molecule has 0 bridgehead atoms. The molecule has 0 radical (unpaired) electrons. The second-order valence-electron chi connectivity index (χ2n) is 7.50. The van der Waals surface area contributed by atoms with Gasteiger partial charge in [-0.05, 0) is 60.9 Å². The van der Waals surface area contributed by atoms with Crippen LogP contribution >= 0.6 is 0 Å². The van der Waals surface area contributed by atoms with Crippen molar-refractivity contribution in [3.63, 3.8) is 0 Å². The predicted octanol–water partition coefficient (Wildman–Crippen LogP) is 4.76. The average Bonchev–Trinajstić information content (AvgIpc) is 3.07. The van der Waals surface area contributed by atoms with Gasteiger partial charge < -0.3 is 0 Å². The molecule has 4 nitrogen and oxygen atoms in total. The smallest absolute Gasteiger partial charge is 0.259 e. The summed E-state index contributed by atoms with van der Waals surface area (Å²) in [6.45, 7) is 0. The number of rotatable bonds is 2. The molecule has 1 fully saturated rings. The lowest BCUT2D eigenvalue weighted by molar-refractivity contribution is 0.0850. The third-order valence-electron chi connectivity index (χ3n) is 5.93. The molecule has 1 aliphatic carbocycles. The molecule has 1 saturated carbocycles. The van der Waals surface area contributed by atoms with Gasteiger partial charge in [0.2, 0.25) is 0 Å². The van der Waals surface area contributed by atoms with E-state index in [0.29, 0.717) is 24.1 Å². The van der Waals surface area contributed by atoms with Crippen molar-refractivity contribution in [1.29, 1.82) is 0 Å². The number of fused-ring (bicyclic) bond motifs is 4. The van der Waals surface area contributed by atoms with Gasteiger partial charge in [0.05, 0.1) is 11.4 Å². The second-order valence-corrected chi connectivity index (χ2v) is 7.50.